The second-order valence-electron chi connectivity index (χ2n) is 5.64. The summed E-state index contributed by atoms with van der Waals surface area (Å²) in [5.74, 6) is -0.0583. The molecular formula is C19H14BrF3N4. The van der Waals surface area contributed by atoms with Crippen molar-refractivity contribution < 1.29 is 13.2 Å². The molecule has 0 aliphatic heterocycles. The van der Waals surface area contributed by atoms with E-state index < -0.39 is 11.9 Å². The van der Waals surface area contributed by atoms with E-state index in [1.807, 2.05) is 24.3 Å². The first-order valence-corrected chi connectivity index (χ1v) is 8.70. The number of hydrogen-bond acceptors (Lipinski definition) is 4. The molecule has 0 spiro atoms. The molecule has 4 nitrogen and oxygen atoms in total. The zero-order chi connectivity index (χ0) is 19.4. The fourth-order valence-electron chi connectivity index (χ4n) is 2.26. The summed E-state index contributed by atoms with van der Waals surface area (Å²) in [6.45, 7) is 1.75. The molecule has 0 aliphatic carbocycles. The molecule has 1 N–H and O–H groups in total. The number of halogens is 4. The minimum absolute atomic E-state index is 0.0237. The maximum atomic E-state index is 13.2. The standard InChI is InChI=1S/C19H14BrF3N4/c1-12(13-7-9-15(20)10-8-13)26-27-17-11-16(19(21,22)23)24-18(25-17)14-5-3-2-4-6-14/h2-11H,1H3,(H,24,25,27)/b26-12+. The van der Waals surface area contributed by atoms with Crippen LogP contribution in [0.2, 0.25) is 0 Å². The van der Waals surface area contributed by atoms with Crippen LogP contribution < -0.4 is 5.43 Å². The highest BCUT2D eigenvalue weighted by atomic mass is 79.9. The first-order chi connectivity index (χ1) is 12.8. The maximum absolute atomic E-state index is 13.2. The van der Waals surface area contributed by atoms with Crippen molar-refractivity contribution in [1.82, 2.24) is 9.97 Å². The fourth-order valence-corrected chi connectivity index (χ4v) is 2.53. The molecule has 0 saturated heterocycles. The summed E-state index contributed by atoms with van der Waals surface area (Å²) in [5, 5.41) is 4.15. The van der Waals surface area contributed by atoms with E-state index in [9.17, 15) is 13.2 Å². The van der Waals surface area contributed by atoms with E-state index in [0.717, 1.165) is 16.1 Å². The third-order valence-electron chi connectivity index (χ3n) is 3.65. The van der Waals surface area contributed by atoms with Crippen LogP contribution in [0.3, 0.4) is 0 Å². The SMILES string of the molecule is C/C(=N\Nc1cc(C(F)(F)F)nc(-c2ccccc2)n1)c1ccc(Br)cc1. The molecule has 0 aliphatic rings. The zero-order valence-corrected chi connectivity index (χ0v) is 15.7. The van der Waals surface area contributed by atoms with E-state index in [1.54, 1.807) is 37.3 Å². The molecule has 0 radical (unpaired) electrons. The Balaban J connectivity index is 1.94. The highest BCUT2D eigenvalue weighted by Gasteiger charge is 2.33. The van der Waals surface area contributed by atoms with Gasteiger partial charge in [0, 0.05) is 16.1 Å². The predicted molar refractivity (Wildman–Crippen MR) is 102 cm³/mol. The Morgan fingerprint density at radius 1 is 1.00 bits per heavy atom. The Hall–Kier alpha value is -2.74. The Morgan fingerprint density at radius 2 is 1.67 bits per heavy atom. The smallest absolute Gasteiger partial charge is 0.261 e. The van der Waals surface area contributed by atoms with Crippen molar-refractivity contribution >= 4 is 27.5 Å². The van der Waals surface area contributed by atoms with Gasteiger partial charge in [-0.3, -0.25) is 5.43 Å². The van der Waals surface area contributed by atoms with Gasteiger partial charge in [-0.2, -0.15) is 18.3 Å². The minimum Gasteiger partial charge on any atom is -0.261 e. The Bertz CT molecular complexity index is 955. The van der Waals surface area contributed by atoms with E-state index in [1.165, 1.54) is 0 Å². The topological polar surface area (TPSA) is 50.2 Å². The van der Waals surface area contributed by atoms with Gasteiger partial charge in [0.2, 0.25) is 0 Å². The number of benzene rings is 2. The van der Waals surface area contributed by atoms with Gasteiger partial charge in [-0.15, -0.1) is 0 Å². The summed E-state index contributed by atoms with van der Waals surface area (Å²) in [7, 11) is 0. The molecule has 1 heterocycles. The van der Waals surface area contributed by atoms with Gasteiger partial charge in [0.15, 0.2) is 17.3 Å². The molecule has 0 bridgehead atoms. The van der Waals surface area contributed by atoms with Crippen molar-refractivity contribution in [2.24, 2.45) is 5.10 Å². The van der Waals surface area contributed by atoms with Gasteiger partial charge in [-0.1, -0.05) is 58.4 Å². The van der Waals surface area contributed by atoms with Gasteiger partial charge in [0.25, 0.3) is 0 Å². The summed E-state index contributed by atoms with van der Waals surface area (Å²) >= 11 is 3.35. The molecule has 0 atom stereocenters. The molecule has 138 valence electrons. The van der Waals surface area contributed by atoms with Crippen LogP contribution in [-0.2, 0) is 6.18 Å². The van der Waals surface area contributed by atoms with Crippen molar-refractivity contribution in [2.45, 2.75) is 13.1 Å². The Labute approximate surface area is 162 Å². The second kappa shape index (κ2) is 7.87. The first-order valence-electron chi connectivity index (χ1n) is 7.91. The lowest BCUT2D eigenvalue weighted by atomic mass is 10.1. The van der Waals surface area contributed by atoms with Crippen LogP contribution in [0.25, 0.3) is 11.4 Å². The summed E-state index contributed by atoms with van der Waals surface area (Å²) < 4.78 is 40.5. The summed E-state index contributed by atoms with van der Waals surface area (Å²) in [6.07, 6.45) is -4.59. The third-order valence-corrected chi connectivity index (χ3v) is 4.18. The zero-order valence-electron chi connectivity index (χ0n) is 14.1. The van der Waals surface area contributed by atoms with E-state index in [0.29, 0.717) is 11.3 Å². The van der Waals surface area contributed by atoms with Crippen molar-refractivity contribution in [3.05, 3.63) is 76.4 Å². The minimum atomic E-state index is -4.59. The normalized spacial score (nSPS) is 12.1. The number of hydrazone groups is 1. The lowest BCUT2D eigenvalue weighted by Crippen LogP contribution is -2.11. The fraction of sp³-hybridized carbons (Fsp3) is 0.105. The van der Waals surface area contributed by atoms with Gasteiger partial charge >= 0.3 is 6.18 Å². The summed E-state index contributed by atoms with van der Waals surface area (Å²) in [5.41, 5.74) is 3.50. The molecule has 8 heteroatoms. The van der Waals surface area contributed by atoms with Crippen molar-refractivity contribution in [3.8, 4) is 11.4 Å². The molecule has 0 fully saturated rings. The van der Waals surface area contributed by atoms with Crippen molar-refractivity contribution in [3.63, 3.8) is 0 Å². The molecular weight excluding hydrogens is 421 g/mol. The number of hydrogen-bond donors (Lipinski definition) is 1. The average Bonchev–Trinajstić information content (AvgIpc) is 2.66. The lowest BCUT2D eigenvalue weighted by molar-refractivity contribution is -0.141. The Morgan fingerprint density at radius 3 is 2.30 bits per heavy atom. The van der Waals surface area contributed by atoms with Gasteiger partial charge in [0.1, 0.15) is 0 Å². The number of rotatable bonds is 4. The monoisotopic (exact) mass is 434 g/mol. The quantitative estimate of drug-likeness (QED) is 0.419. The highest BCUT2D eigenvalue weighted by molar-refractivity contribution is 9.10. The average molecular weight is 435 g/mol. The number of nitrogens with one attached hydrogen (secondary N) is 1. The highest BCUT2D eigenvalue weighted by Crippen LogP contribution is 2.30. The number of alkyl halides is 3. The van der Waals surface area contributed by atoms with Gasteiger partial charge < -0.3 is 0 Å². The number of anilines is 1. The van der Waals surface area contributed by atoms with E-state index >= 15 is 0 Å². The molecule has 3 aromatic rings. The van der Waals surface area contributed by atoms with E-state index in [-0.39, 0.29) is 11.6 Å². The van der Waals surface area contributed by atoms with Crippen LogP contribution in [0.1, 0.15) is 18.2 Å². The largest absolute Gasteiger partial charge is 0.433 e. The van der Waals surface area contributed by atoms with Gasteiger partial charge in [0.05, 0.1) is 5.71 Å². The summed E-state index contributed by atoms with van der Waals surface area (Å²) in [4.78, 5) is 7.80. The van der Waals surface area contributed by atoms with Crippen molar-refractivity contribution in [2.75, 3.05) is 5.43 Å². The van der Waals surface area contributed by atoms with Crippen molar-refractivity contribution in [1.29, 1.82) is 0 Å². The first kappa shape index (κ1) is 19.0. The van der Waals surface area contributed by atoms with Crippen LogP contribution >= 0.6 is 15.9 Å². The number of aromatic nitrogens is 2. The van der Waals surface area contributed by atoms with Crippen LogP contribution in [0, 0.1) is 0 Å². The number of nitrogens with zero attached hydrogens (tertiary/aromatic N) is 3. The van der Waals surface area contributed by atoms with Crippen LogP contribution in [-0.4, -0.2) is 15.7 Å². The molecule has 1 aromatic heterocycles. The lowest BCUT2D eigenvalue weighted by Gasteiger charge is -2.11. The molecule has 0 saturated carbocycles. The molecule has 0 unspecified atom stereocenters. The molecule has 27 heavy (non-hydrogen) atoms. The molecule has 0 amide bonds. The van der Waals surface area contributed by atoms with Crippen LogP contribution in [0.15, 0.2) is 70.2 Å². The van der Waals surface area contributed by atoms with E-state index in [4.69, 9.17) is 0 Å². The van der Waals surface area contributed by atoms with Gasteiger partial charge in [-0.05, 0) is 24.6 Å². The predicted octanol–water partition coefficient (Wildman–Crippen LogP) is 5.76. The summed E-state index contributed by atoms with van der Waals surface area (Å²) in [6, 6.07) is 16.7. The van der Waals surface area contributed by atoms with E-state index in [2.05, 4.69) is 36.4 Å². The second-order valence-corrected chi connectivity index (χ2v) is 6.56. The van der Waals surface area contributed by atoms with Crippen LogP contribution in [0.5, 0.6) is 0 Å². The van der Waals surface area contributed by atoms with Gasteiger partial charge in [-0.25, -0.2) is 9.97 Å². The maximum Gasteiger partial charge on any atom is 0.433 e. The molecule has 2 aromatic carbocycles. The third kappa shape index (κ3) is 4.91. The molecule has 3 rings (SSSR count). The Kier molecular flexibility index (Phi) is 5.55. The van der Waals surface area contributed by atoms with Crippen LogP contribution in [0.4, 0.5) is 19.0 Å².